The van der Waals surface area contributed by atoms with E-state index < -0.39 is 16.1 Å². The van der Waals surface area contributed by atoms with E-state index in [1.807, 2.05) is 13.8 Å². The van der Waals surface area contributed by atoms with E-state index in [0.29, 0.717) is 19.3 Å². The third-order valence-electron chi connectivity index (χ3n) is 3.84. The molecule has 4 atom stereocenters. The molecule has 1 aromatic carbocycles. The van der Waals surface area contributed by atoms with Gasteiger partial charge in [-0.05, 0) is 45.2 Å². The molecule has 2 unspecified atom stereocenters. The second-order valence-corrected chi connectivity index (χ2v) is 8.17. The van der Waals surface area contributed by atoms with E-state index in [0.717, 1.165) is 0 Å². The zero-order valence-corrected chi connectivity index (χ0v) is 14.9. The normalized spacial score (nSPS) is 17.7. The van der Waals surface area contributed by atoms with Gasteiger partial charge >= 0.3 is 0 Å². The fourth-order valence-corrected chi connectivity index (χ4v) is 4.07. The SMILES string of the molecule is CC[C@@H](C(CCC(C)Cl)NS(=O)(=O)c1ccccc1)[C@H](C)O. The first-order valence-corrected chi connectivity index (χ1v) is 9.59. The minimum Gasteiger partial charge on any atom is -0.393 e. The first kappa shape index (κ1) is 19.4. The standard InChI is InChI=1S/C16H26ClNO3S/c1-4-15(13(3)19)16(11-10-12(2)17)18-22(20,21)14-8-6-5-7-9-14/h5-9,12-13,15-16,18-19H,4,10-11H2,1-3H3/t12?,13-,15+,16?/m0/s1. The summed E-state index contributed by atoms with van der Waals surface area (Å²) in [5.41, 5.74) is 0. The third-order valence-corrected chi connectivity index (χ3v) is 5.57. The van der Waals surface area contributed by atoms with Crippen LogP contribution in [-0.4, -0.2) is 31.0 Å². The van der Waals surface area contributed by atoms with E-state index in [9.17, 15) is 13.5 Å². The first-order valence-electron chi connectivity index (χ1n) is 7.67. The Kier molecular flexibility index (Phi) is 7.83. The van der Waals surface area contributed by atoms with Crippen LogP contribution in [0.2, 0.25) is 0 Å². The van der Waals surface area contributed by atoms with Crippen LogP contribution in [0.3, 0.4) is 0 Å². The molecule has 1 aromatic rings. The van der Waals surface area contributed by atoms with Crippen molar-refractivity contribution in [2.45, 2.75) is 62.5 Å². The molecule has 0 saturated carbocycles. The monoisotopic (exact) mass is 347 g/mol. The van der Waals surface area contributed by atoms with Gasteiger partial charge in [0, 0.05) is 17.3 Å². The Morgan fingerprint density at radius 2 is 1.77 bits per heavy atom. The summed E-state index contributed by atoms with van der Waals surface area (Å²) in [7, 11) is -3.60. The average Bonchev–Trinajstić information content (AvgIpc) is 2.45. The first-order chi connectivity index (χ1) is 10.3. The van der Waals surface area contributed by atoms with Gasteiger partial charge in [-0.15, -0.1) is 11.6 Å². The largest absolute Gasteiger partial charge is 0.393 e. The summed E-state index contributed by atoms with van der Waals surface area (Å²) in [5, 5.41) is 9.92. The van der Waals surface area contributed by atoms with Crippen molar-refractivity contribution in [3.63, 3.8) is 0 Å². The highest BCUT2D eigenvalue weighted by Crippen LogP contribution is 2.22. The van der Waals surface area contributed by atoms with Crippen LogP contribution in [0.1, 0.15) is 40.0 Å². The summed E-state index contributed by atoms with van der Waals surface area (Å²) in [6.45, 7) is 5.53. The molecule has 4 nitrogen and oxygen atoms in total. The van der Waals surface area contributed by atoms with Crippen molar-refractivity contribution in [2.75, 3.05) is 0 Å². The molecule has 1 rings (SSSR count). The summed E-state index contributed by atoms with van der Waals surface area (Å²) in [6, 6.07) is 7.94. The van der Waals surface area contributed by atoms with E-state index in [-0.39, 0.29) is 22.2 Å². The number of alkyl halides is 1. The Bertz CT molecular complexity index is 532. The number of hydrogen-bond acceptors (Lipinski definition) is 3. The predicted molar refractivity (Wildman–Crippen MR) is 90.6 cm³/mol. The maximum absolute atomic E-state index is 12.5. The van der Waals surface area contributed by atoms with Gasteiger partial charge in [-0.25, -0.2) is 13.1 Å². The number of halogens is 1. The minimum absolute atomic E-state index is 0.0322. The van der Waals surface area contributed by atoms with Crippen molar-refractivity contribution < 1.29 is 13.5 Å². The highest BCUT2D eigenvalue weighted by Gasteiger charge is 2.29. The van der Waals surface area contributed by atoms with Gasteiger partial charge in [-0.2, -0.15) is 0 Å². The molecule has 0 spiro atoms. The number of sulfonamides is 1. The summed E-state index contributed by atoms with van der Waals surface area (Å²) < 4.78 is 27.8. The van der Waals surface area contributed by atoms with Gasteiger partial charge < -0.3 is 5.11 Å². The van der Waals surface area contributed by atoms with Gasteiger partial charge in [0.2, 0.25) is 10.0 Å². The van der Waals surface area contributed by atoms with Crippen LogP contribution in [0.5, 0.6) is 0 Å². The lowest BCUT2D eigenvalue weighted by Gasteiger charge is -2.29. The van der Waals surface area contributed by atoms with Gasteiger partial charge in [0.1, 0.15) is 0 Å². The number of rotatable bonds is 9. The van der Waals surface area contributed by atoms with Crippen LogP contribution in [0, 0.1) is 5.92 Å². The van der Waals surface area contributed by atoms with Crippen LogP contribution in [0.4, 0.5) is 0 Å². The van der Waals surface area contributed by atoms with Crippen molar-refractivity contribution in [2.24, 2.45) is 5.92 Å². The van der Waals surface area contributed by atoms with Gasteiger partial charge in [-0.3, -0.25) is 0 Å². The summed E-state index contributed by atoms with van der Waals surface area (Å²) in [5.74, 6) is -0.145. The fourth-order valence-electron chi connectivity index (χ4n) is 2.60. The zero-order chi connectivity index (χ0) is 16.8. The molecule has 0 aromatic heterocycles. The van der Waals surface area contributed by atoms with Gasteiger partial charge in [0.05, 0.1) is 11.0 Å². The molecular formula is C16H26ClNO3S. The Morgan fingerprint density at radius 3 is 2.23 bits per heavy atom. The number of hydrogen-bond donors (Lipinski definition) is 2. The average molecular weight is 348 g/mol. The Hall–Kier alpha value is -0.620. The maximum Gasteiger partial charge on any atom is 0.240 e. The van der Waals surface area contributed by atoms with Crippen LogP contribution < -0.4 is 4.72 Å². The third kappa shape index (κ3) is 5.88. The second-order valence-electron chi connectivity index (χ2n) is 5.71. The molecule has 0 aliphatic rings. The topological polar surface area (TPSA) is 66.4 Å². The number of nitrogens with one attached hydrogen (secondary N) is 1. The molecule has 0 heterocycles. The fraction of sp³-hybridized carbons (Fsp3) is 0.625. The lowest BCUT2D eigenvalue weighted by Crippen LogP contribution is -2.44. The number of aliphatic hydroxyl groups is 1. The lowest BCUT2D eigenvalue weighted by molar-refractivity contribution is 0.0999. The zero-order valence-electron chi connectivity index (χ0n) is 13.4. The van der Waals surface area contributed by atoms with Gasteiger partial charge in [0.25, 0.3) is 0 Å². The molecule has 0 saturated heterocycles. The molecule has 0 aliphatic carbocycles. The highest BCUT2D eigenvalue weighted by atomic mass is 35.5. The van der Waals surface area contributed by atoms with Gasteiger partial charge in [-0.1, -0.05) is 25.1 Å². The van der Waals surface area contributed by atoms with Crippen LogP contribution in [-0.2, 0) is 10.0 Å². The predicted octanol–water partition coefficient (Wildman–Crippen LogP) is 3.15. The molecule has 126 valence electrons. The molecule has 2 N–H and O–H groups in total. The smallest absolute Gasteiger partial charge is 0.240 e. The minimum atomic E-state index is -3.60. The van der Waals surface area contributed by atoms with Crippen molar-refractivity contribution in [3.8, 4) is 0 Å². The molecule has 0 fully saturated rings. The van der Waals surface area contributed by atoms with E-state index in [4.69, 9.17) is 11.6 Å². The molecule has 6 heteroatoms. The highest BCUT2D eigenvalue weighted by molar-refractivity contribution is 7.89. The Balaban J connectivity index is 2.96. The summed E-state index contributed by atoms with van der Waals surface area (Å²) >= 11 is 6.00. The summed E-state index contributed by atoms with van der Waals surface area (Å²) in [4.78, 5) is 0.236. The Morgan fingerprint density at radius 1 is 1.18 bits per heavy atom. The van der Waals surface area contributed by atoms with Crippen molar-refractivity contribution in [1.29, 1.82) is 0 Å². The second kappa shape index (κ2) is 8.87. The molecular weight excluding hydrogens is 322 g/mol. The molecule has 0 aliphatic heterocycles. The Labute approximate surface area is 138 Å². The molecule has 0 bridgehead atoms. The quantitative estimate of drug-likeness (QED) is 0.674. The van der Waals surface area contributed by atoms with Crippen molar-refractivity contribution in [3.05, 3.63) is 30.3 Å². The molecule has 0 radical (unpaired) electrons. The van der Waals surface area contributed by atoms with E-state index in [1.165, 1.54) is 0 Å². The lowest BCUT2D eigenvalue weighted by atomic mass is 9.89. The number of aliphatic hydroxyl groups excluding tert-OH is 1. The van der Waals surface area contributed by atoms with E-state index >= 15 is 0 Å². The van der Waals surface area contributed by atoms with Gasteiger partial charge in [0.15, 0.2) is 0 Å². The summed E-state index contributed by atoms with van der Waals surface area (Å²) in [6.07, 6.45) is 1.39. The van der Waals surface area contributed by atoms with E-state index in [1.54, 1.807) is 37.3 Å². The molecule has 0 amide bonds. The van der Waals surface area contributed by atoms with Crippen molar-refractivity contribution >= 4 is 21.6 Å². The van der Waals surface area contributed by atoms with Crippen LogP contribution >= 0.6 is 11.6 Å². The van der Waals surface area contributed by atoms with Crippen molar-refractivity contribution in [1.82, 2.24) is 4.72 Å². The van der Waals surface area contributed by atoms with E-state index in [2.05, 4.69) is 4.72 Å². The maximum atomic E-state index is 12.5. The van der Waals surface area contributed by atoms with Crippen LogP contribution in [0.15, 0.2) is 35.2 Å². The number of benzene rings is 1. The molecule has 22 heavy (non-hydrogen) atoms. The van der Waals surface area contributed by atoms with Crippen LogP contribution in [0.25, 0.3) is 0 Å².